The summed E-state index contributed by atoms with van der Waals surface area (Å²) in [6.07, 6.45) is 1.81. The van der Waals surface area contributed by atoms with Crippen molar-refractivity contribution in [1.29, 1.82) is 0 Å². The molecule has 0 saturated carbocycles. The molecule has 0 aliphatic rings. The minimum atomic E-state index is 0.849. The van der Waals surface area contributed by atoms with Crippen LogP contribution in [-0.2, 0) is 6.54 Å². The average Bonchev–Trinajstić information content (AvgIpc) is 2.69. The van der Waals surface area contributed by atoms with Crippen LogP contribution in [0.4, 0.5) is 5.82 Å². The summed E-state index contributed by atoms with van der Waals surface area (Å²) < 4.78 is 0. The molecule has 2 rings (SSSR count). The van der Waals surface area contributed by atoms with Crippen molar-refractivity contribution in [1.82, 2.24) is 4.98 Å². The minimum absolute atomic E-state index is 0.849. The standard InChI is InChI=1S/C11H12N2S/c1-9-3-2-5-12-11(9)13-7-10-4-6-14-8-10/h2-6,8H,7H2,1H3,(H,12,13). The maximum absolute atomic E-state index is 4.27. The van der Waals surface area contributed by atoms with E-state index in [4.69, 9.17) is 0 Å². The number of rotatable bonds is 3. The normalized spacial score (nSPS) is 10.1. The number of thiophene rings is 1. The Morgan fingerprint density at radius 2 is 2.36 bits per heavy atom. The van der Waals surface area contributed by atoms with E-state index in [2.05, 4.69) is 40.1 Å². The van der Waals surface area contributed by atoms with E-state index in [9.17, 15) is 0 Å². The van der Waals surface area contributed by atoms with E-state index >= 15 is 0 Å². The molecule has 0 amide bonds. The summed E-state index contributed by atoms with van der Waals surface area (Å²) >= 11 is 1.72. The molecule has 0 atom stereocenters. The lowest BCUT2D eigenvalue weighted by Gasteiger charge is -2.06. The highest BCUT2D eigenvalue weighted by molar-refractivity contribution is 7.07. The number of aromatic nitrogens is 1. The van der Waals surface area contributed by atoms with Crippen molar-refractivity contribution in [3.63, 3.8) is 0 Å². The first-order valence-electron chi connectivity index (χ1n) is 4.53. The Morgan fingerprint density at radius 1 is 1.43 bits per heavy atom. The maximum Gasteiger partial charge on any atom is 0.129 e. The van der Waals surface area contributed by atoms with Gasteiger partial charge in [0.05, 0.1) is 0 Å². The zero-order valence-corrected chi connectivity index (χ0v) is 8.84. The Balaban J connectivity index is 2.02. The Kier molecular flexibility index (Phi) is 2.79. The van der Waals surface area contributed by atoms with E-state index in [1.54, 1.807) is 11.3 Å². The Labute approximate surface area is 87.6 Å². The minimum Gasteiger partial charge on any atom is -0.366 e. The molecule has 0 aliphatic carbocycles. The second kappa shape index (κ2) is 4.24. The molecule has 2 aromatic rings. The predicted molar refractivity (Wildman–Crippen MR) is 60.6 cm³/mol. The molecule has 0 saturated heterocycles. The van der Waals surface area contributed by atoms with Crippen LogP contribution in [0.1, 0.15) is 11.1 Å². The molecule has 0 aromatic carbocycles. The van der Waals surface area contributed by atoms with Crippen LogP contribution < -0.4 is 5.32 Å². The van der Waals surface area contributed by atoms with Gasteiger partial charge in [-0.2, -0.15) is 11.3 Å². The molecule has 0 fully saturated rings. The predicted octanol–water partition coefficient (Wildman–Crippen LogP) is 3.06. The fourth-order valence-electron chi connectivity index (χ4n) is 1.25. The first-order chi connectivity index (χ1) is 6.86. The van der Waals surface area contributed by atoms with Crippen molar-refractivity contribution >= 4 is 17.2 Å². The van der Waals surface area contributed by atoms with Crippen molar-refractivity contribution < 1.29 is 0 Å². The fourth-order valence-corrected chi connectivity index (χ4v) is 1.92. The Morgan fingerprint density at radius 3 is 3.07 bits per heavy atom. The van der Waals surface area contributed by atoms with E-state index in [1.165, 1.54) is 11.1 Å². The molecule has 0 bridgehead atoms. The summed E-state index contributed by atoms with van der Waals surface area (Å²) in [5, 5.41) is 7.54. The lowest BCUT2D eigenvalue weighted by atomic mass is 10.3. The third-order valence-corrected chi connectivity index (χ3v) is 2.78. The van der Waals surface area contributed by atoms with Gasteiger partial charge in [0.15, 0.2) is 0 Å². The smallest absolute Gasteiger partial charge is 0.129 e. The van der Waals surface area contributed by atoms with Gasteiger partial charge in [-0.3, -0.25) is 0 Å². The first-order valence-corrected chi connectivity index (χ1v) is 5.47. The maximum atomic E-state index is 4.27. The Hall–Kier alpha value is -1.35. The topological polar surface area (TPSA) is 24.9 Å². The third-order valence-electron chi connectivity index (χ3n) is 2.05. The van der Waals surface area contributed by atoms with Crippen molar-refractivity contribution in [3.8, 4) is 0 Å². The molecule has 0 aliphatic heterocycles. The number of pyridine rings is 1. The average molecular weight is 204 g/mol. The van der Waals surface area contributed by atoms with E-state index in [0.717, 1.165) is 12.4 Å². The molecule has 0 spiro atoms. The number of hydrogen-bond acceptors (Lipinski definition) is 3. The summed E-state index contributed by atoms with van der Waals surface area (Å²) in [7, 11) is 0. The largest absolute Gasteiger partial charge is 0.366 e. The number of aryl methyl sites for hydroxylation is 1. The van der Waals surface area contributed by atoms with Crippen LogP contribution in [0, 0.1) is 6.92 Å². The zero-order chi connectivity index (χ0) is 9.80. The highest BCUT2D eigenvalue weighted by atomic mass is 32.1. The van der Waals surface area contributed by atoms with E-state index in [1.807, 2.05) is 12.3 Å². The molecular weight excluding hydrogens is 192 g/mol. The summed E-state index contributed by atoms with van der Waals surface area (Å²) in [5.74, 6) is 0.971. The molecular formula is C11H12N2S. The zero-order valence-electron chi connectivity index (χ0n) is 8.03. The van der Waals surface area contributed by atoms with Crippen LogP contribution in [0.3, 0.4) is 0 Å². The van der Waals surface area contributed by atoms with Gasteiger partial charge in [0.2, 0.25) is 0 Å². The van der Waals surface area contributed by atoms with Crippen LogP contribution in [0.15, 0.2) is 35.2 Å². The first kappa shape index (κ1) is 9.21. The van der Waals surface area contributed by atoms with Crippen LogP contribution in [0.2, 0.25) is 0 Å². The molecule has 3 heteroatoms. The van der Waals surface area contributed by atoms with Gasteiger partial charge in [-0.05, 0) is 40.9 Å². The van der Waals surface area contributed by atoms with Gasteiger partial charge in [0.25, 0.3) is 0 Å². The van der Waals surface area contributed by atoms with Crippen LogP contribution >= 0.6 is 11.3 Å². The number of nitrogens with zero attached hydrogens (tertiary/aromatic N) is 1. The summed E-state index contributed by atoms with van der Waals surface area (Å²) in [5.41, 5.74) is 2.49. The van der Waals surface area contributed by atoms with Crippen molar-refractivity contribution in [2.45, 2.75) is 13.5 Å². The summed E-state index contributed by atoms with van der Waals surface area (Å²) in [6, 6.07) is 6.13. The van der Waals surface area contributed by atoms with E-state index in [0.29, 0.717) is 0 Å². The van der Waals surface area contributed by atoms with Gasteiger partial charge >= 0.3 is 0 Å². The van der Waals surface area contributed by atoms with E-state index in [-0.39, 0.29) is 0 Å². The lowest BCUT2D eigenvalue weighted by Crippen LogP contribution is -2.01. The molecule has 2 heterocycles. The van der Waals surface area contributed by atoms with Crippen LogP contribution in [-0.4, -0.2) is 4.98 Å². The molecule has 14 heavy (non-hydrogen) atoms. The molecule has 72 valence electrons. The molecule has 1 N–H and O–H groups in total. The lowest BCUT2D eigenvalue weighted by molar-refractivity contribution is 1.10. The SMILES string of the molecule is Cc1cccnc1NCc1ccsc1. The number of nitrogens with one attached hydrogen (secondary N) is 1. The molecule has 0 unspecified atom stereocenters. The highest BCUT2D eigenvalue weighted by Gasteiger charge is 1.97. The van der Waals surface area contributed by atoms with Gasteiger partial charge in [-0.25, -0.2) is 4.98 Å². The third kappa shape index (κ3) is 2.12. The number of hydrogen-bond donors (Lipinski definition) is 1. The molecule has 2 aromatic heterocycles. The number of anilines is 1. The van der Waals surface area contributed by atoms with Gasteiger partial charge in [0.1, 0.15) is 5.82 Å². The van der Waals surface area contributed by atoms with Crippen molar-refractivity contribution in [2.24, 2.45) is 0 Å². The van der Waals surface area contributed by atoms with Gasteiger partial charge in [-0.15, -0.1) is 0 Å². The van der Waals surface area contributed by atoms with Crippen LogP contribution in [0.25, 0.3) is 0 Å². The molecule has 0 radical (unpaired) electrons. The van der Waals surface area contributed by atoms with Crippen molar-refractivity contribution in [2.75, 3.05) is 5.32 Å². The molecule has 2 nitrogen and oxygen atoms in total. The van der Waals surface area contributed by atoms with E-state index < -0.39 is 0 Å². The summed E-state index contributed by atoms with van der Waals surface area (Å²) in [6.45, 7) is 2.91. The highest BCUT2D eigenvalue weighted by Crippen LogP contribution is 2.12. The fraction of sp³-hybridized carbons (Fsp3) is 0.182. The second-order valence-electron chi connectivity index (χ2n) is 3.15. The van der Waals surface area contributed by atoms with Crippen LogP contribution in [0.5, 0.6) is 0 Å². The van der Waals surface area contributed by atoms with Gasteiger partial charge in [-0.1, -0.05) is 6.07 Å². The van der Waals surface area contributed by atoms with Gasteiger partial charge in [0, 0.05) is 12.7 Å². The summed E-state index contributed by atoms with van der Waals surface area (Å²) in [4.78, 5) is 4.27. The second-order valence-corrected chi connectivity index (χ2v) is 3.93. The van der Waals surface area contributed by atoms with Gasteiger partial charge < -0.3 is 5.32 Å². The Bertz CT molecular complexity index is 395. The van der Waals surface area contributed by atoms with Crippen molar-refractivity contribution in [3.05, 3.63) is 46.3 Å². The monoisotopic (exact) mass is 204 g/mol. The quantitative estimate of drug-likeness (QED) is 0.831.